The van der Waals surface area contributed by atoms with Crippen molar-refractivity contribution in [3.05, 3.63) is 194 Å². The molecule has 0 saturated carbocycles. The van der Waals surface area contributed by atoms with Crippen molar-refractivity contribution in [1.82, 2.24) is 40.1 Å². The molecule has 0 unspecified atom stereocenters. The Labute approximate surface area is 350 Å². The van der Waals surface area contributed by atoms with Gasteiger partial charge in [-0.3, -0.25) is 0 Å². The van der Waals surface area contributed by atoms with Crippen LogP contribution in [0.5, 0.6) is 0 Å². The number of hydrogen-bond acceptors (Lipinski definition) is 9. The Kier molecular flexibility index (Phi) is 8.94. The highest BCUT2D eigenvalue weighted by Crippen LogP contribution is 2.36. The first-order valence-corrected chi connectivity index (χ1v) is 19.8. The van der Waals surface area contributed by atoms with Gasteiger partial charge in [-0.05, 0) is 51.9 Å². The summed E-state index contributed by atoms with van der Waals surface area (Å²) in [6.07, 6.45) is 0. The van der Waals surface area contributed by atoms with Gasteiger partial charge in [-0.1, -0.05) is 164 Å². The average molecular weight is 785 g/mol. The van der Waals surface area contributed by atoms with Gasteiger partial charge in [-0.2, -0.15) is 0 Å². The molecule has 11 rings (SSSR count). The smallest absolute Gasteiger partial charge is 0.248 e. The van der Waals surface area contributed by atoms with Gasteiger partial charge in [-0.25, -0.2) is 29.9 Å². The predicted octanol–water partition coefficient (Wildman–Crippen LogP) is 12.1. The molecule has 3 heterocycles. The molecule has 0 aliphatic carbocycles. The van der Waals surface area contributed by atoms with Crippen LogP contribution in [0.25, 0.3) is 113 Å². The molecular formula is C52H32N8O. The van der Waals surface area contributed by atoms with Crippen LogP contribution in [0.2, 0.25) is 0 Å². The van der Waals surface area contributed by atoms with Gasteiger partial charge in [0.25, 0.3) is 0 Å². The number of nitrogens with zero attached hydrogens (tertiary/aromatic N) is 8. The Morgan fingerprint density at radius 2 is 0.623 bits per heavy atom. The van der Waals surface area contributed by atoms with Crippen LogP contribution < -0.4 is 0 Å². The summed E-state index contributed by atoms with van der Waals surface area (Å²) < 4.78 is 6.37. The van der Waals surface area contributed by atoms with E-state index in [1.54, 1.807) is 0 Å². The maximum absolute atomic E-state index is 6.37. The summed E-state index contributed by atoms with van der Waals surface area (Å²) in [4.78, 5) is 29.8. The summed E-state index contributed by atoms with van der Waals surface area (Å²) in [5.74, 6) is 4.11. The SMILES string of the molecule is c1ccc(-c2nc(-c3ccccc3)nc(-c3cccc(-c4nnc(-c5cccc(-c6nc(-c7ccccc7)nc(-c7cc8ccccc8c8ccccc78)n6)c5)o4)c3)n2)cc1. The molecule has 8 aromatic carbocycles. The van der Waals surface area contributed by atoms with E-state index in [-0.39, 0.29) is 0 Å². The van der Waals surface area contributed by atoms with Gasteiger partial charge in [-0.15, -0.1) is 10.2 Å². The zero-order valence-electron chi connectivity index (χ0n) is 32.5. The van der Waals surface area contributed by atoms with Crippen molar-refractivity contribution in [2.24, 2.45) is 0 Å². The maximum atomic E-state index is 6.37. The van der Waals surface area contributed by atoms with Crippen molar-refractivity contribution in [3.63, 3.8) is 0 Å². The van der Waals surface area contributed by atoms with E-state index in [4.69, 9.17) is 34.3 Å². The first-order valence-electron chi connectivity index (χ1n) is 19.8. The van der Waals surface area contributed by atoms with Gasteiger partial charge in [0.05, 0.1) is 0 Å². The lowest BCUT2D eigenvalue weighted by Gasteiger charge is -2.12. The topological polar surface area (TPSA) is 116 Å². The number of rotatable bonds is 8. The summed E-state index contributed by atoms with van der Waals surface area (Å²) in [5.41, 5.74) is 6.64. The third-order valence-electron chi connectivity index (χ3n) is 10.5. The number of benzene rings is 8. The Morgan fingerprint density at radius 1 is 0.262 bits per heavy atom. The molecule has 0 saturated heterocycles. The monoisotopic (exact) mass is 784 g/mol. The fourth-order valence-electron chi connectivity index (χ4n) is 7.56. The highest BCUT2D eigenvalue weighted by molar-refractivity contribution is 6.13. The lowest BCUT2D eigenvalue weighted by Crippen LogP contribution is -2.01. The second-order valence-corrected chi connectivity index (χ2v) is 14.5. The van der Waals surface area contributed by atoms with E-state index in [1.807, 2.05) is 140 Å². The molecule has 9 heteroatoms. The molecule has 286 valence electrons. The van der Waals surface area contributed by atoms with Crippen molar-refractivity contribution in [1.29, 1.82) is 0 Å². The summed E-state index contributed by atoms with van der Waals surface area (Å²) in [5, 5.41) is 13.5. The normalized spacial score (nSPS) is 11.3. The molecule has 0 spiro atoms. The van der Waals surface area contributed by atoms with Crippen molar-refractivity contribution in [2.75, 3.05) is 0 Å². The van der Waals surface area contributed by atoms with Gasteiger partial charge in [0.15, 0.2) is 34.9 Å². The molecule has 61 heavy (non-hydrogen) atoms. The zero-order valence-corrected chi connectivity index (χ0v) is 32.5. The Balaban J connectivity index is 0.967. The van der Waals surface area contributed by atoms with E-state index >= 15 is 0 Å². The van der Waals surface area contributed by atoms with Gasteiger partial charge in [0.2, 0.25) is 11.8 Å². The first kappa shape index (κ1) is 35.6. The highest BCUT2D eigenvalue weighted by atomic mass is 16.4. The van der Waals surface area contributed by atoms with Crippen LogP contribution in [0, 0.1) is 0 Å². The molecule has 0 aliphatic heterocycles. The van der Waals surface area contributed by atoms with Crippen LogP contribution in [0.15, 0.2) is 199 Å². The number of hydrogen-bond donors (Lipinski definition) is 0. The Morgan fingerprint density at radius 3 is 1.11 bits per heavy atom. The van der Waals surface area contributed by atoms with Gasteiger partial charge in [0.1, 0.15) is 0 Å². The number of fused-ring (bicyclic) bond motifs is 3. The second kappa shape index (κ2) is 15.3. The van der Waals surface area contributed by atoms with Crippen molar-refractivity contribution >= 4 is 21.5 Å². The van der Waals surface area contributed by atoms with E-state index < -0.39 is 0 Å². The standard InChI is InChI=1S/C52H32N8O/c1-4-16-33(17-5-1)45-53-46(34-18-6-2-7-19-34)55-48(54-45)37-23-14-25-39(30-37)51-59-60-52(61-51)40-26-15-24-38(31-40)49-56-47(35-20-8-3-9-21-35)57-50(58-49)44-32-36-22-10-11-27-41(36)42-28-12-13-29-43(42)44/h1-32H. The molecule has 0 bridgehead atoms. The minimum Gasteiger partial charge on any atom is -0.416 e. The third kappa shape index (κ3) is 6.96. The molecule has 0 N–H and O–H groups in total. The van der Waals surface area contributed by atoms with Gasteiger partial charge in [0, 0.05) is 44.5 Å². The zero-order chi connectivity index (χ0) is 40.5. The van der Waals surface area contributed by atoms with E-state index in [0.29, 0.717) is 46.7 Å². The first-order chi connectivity index (χ1) is 30.2. The van der Waals surface area contributed by atoms with Crippen molar-refractivity contribution in [2.45, 2.75) is 0 Å². The summed E-state index contributed by atoms with van der Waals surface area (Å²) in [6.45, 7) is 0. The van der Waals surface area contributed by atoms with Crippen LogP contribution in [0.4, 0.5) is 0 Å². The molecule has 0 fully saturated rings. The van der Waals surface area contributed by atoms with E-state index in [9.17, 15) is 0 Å². The molecule has 3 aromatic heterocycles. The van der Waals surface area contributed by atoms with Crippen LogP contribution in [-0.4, -0.2) is 40.1 Å². The highest BCUT2D eigenvalue weighted by Gasteiger charge is 2.19. The molecular weight excluding hydrogens is 753 g/mol. The van der Waals surface area contributed by atoms with Gasteiger partial charge >= 0.3 is 0 Å². The Hall–Kier alpha value is -8.56. The van der Waals surface area contributed by atoms with E-state index in [2.05, 4.69) is 64.8 Å². The number of aromatic nitrogens is 8. The third-order valence-corrected chi connectivity index (χ3v) is 10.5. The molecule has 0 radical (unpaired) electrons. The van der Waals surface area contributed by atoms with Crippen molar-refractivity contribution in [3.8, 4) is 91.2 Å². The summed E-state index contributed by atoms with van der Waals surface area (Å²) >= 11 is 0. The predicted molar refractivity (Wildman–Crippen MR) is 240 cm³/mol. The van der Waals surface area contributed by atoms with Crippen LogP contribution in [0.1, 0.15) is 0 Å². The van der Waals surface area contributed by atoms with E-state index in [1.165, 1.54) is 5.39 Å². The van der Waals surface area contributed by atoms with Crippen LogP contribution in [0.3, 0.4) is 0 Å². The average Bonchev–Trinajstić information content (AvgIpc) is 3.85. The van der Waals surface area contributed by atoms with Crippen LogP contribution >= 0.6 is 0 Å². The van der Waals surface area contributed by atoms with E-state index in [0.717, 1.165) is 60.7 Å². The molecule has 9 nitrogen and oxygen atoms in total. The largest absolute Gasteiger partial charge is 0.416 e. The fraction of sp³-hybridized carbons (Fsp3) is 0. The summed E-state index contributed by atoms with van der Waals surface area (Å²) in [6, 6.07) is 64.4. The quantitative estimate of drug-likeness (QED) is 0.139. The Bertz CT molecular complexity index is 3320. The minimum atomic E-state index is 0.359. The molecule has 0 aliphatic rings. The lowest BCUT2D eigenvalue weighted by molar-refractivity contribution is 0.584. The minimum absolute atomic E-state index is 0.359. The molecule has 11 aromatic rings. The lowest BCUT2D eigenvalue weighted by atomic mass is 9.97. The second-order valence-electron chi connectivity index (χ2n) is 14.5. The maximum Gasteiger partial charge on any atom is 0.248 e. The van der Waals surface area contributed by atoms with Crippen LogP contribution in [-0.2, 0) is 0 Å². The van der Waals surface area contributed by atoms with Gasteiger partial charge < -0.3 is 4.42 Å². The summed E-state index contributed by atoms with van der Waals surface area (Å²) in [7, 11) is 0. The molecule has 0 amide bonds. The molecule has 0 atom stereocenters. The fourth-order valence-corrected chi connectivity index (χ4v) is 7.56. The van der Waals surface area contributed by atoms with Crippen molar-refractivity contribution < 1.29 is 4.42 Å².